The molecular weight excluding hydrogens is 280 g/mol. The van der Waals surface area contributed by atoms with E-state index in [2.05, 4.69) is 22.9 Å². The van der Waals surface area contributed by atoms with Gasteiger partial charge in [-0.15, -0.1) is 0 Å². The summed E-state index contributed by atoms with van der Waals surface area (Å²) in [6, 6.07) is 0. The van der Waals surface area contributed by atoms with Crippen molar-refractivity contribution >= 4 is 21.9 Å². The first kappa shape index (κ1) is 16.9. The molecule has 0 radical (unpaired) electrons. The topological polar surface area (TPSA) is 37.3 Å². The van der Waals surface area contributed by atoms with Crippen molar-refractivity contribution in [1.82, 2.24) is 0 Å². The zero-order valence-electron chi connectivity index (χ0n) is 11.1. The number of rotatable bonds is 12. The van der Waals surface area contributed by atoms with Gasteiger partial charge in [-0.25, -0.2) is 0 Å². The minimum absolute atomic E-state index is 0.350. The van der Waals surface area contributed by atoms with Crippen molar-refractivity contribution in [2.75, 3.05) is 0 Å². The van der Waals surface area contributed by atoms with E-state index in [0.717, 1.165) is 12.8 Å². The third kappa shape index (κ3) is 12.2. The van der Waals surface area contributed by atoms with Crippen LogP contribution >= 0.6 is 15.9 Å². The van der Waals surface area contributed by atoms with Gasteiger partial charge in [0.25, 0.3) is 0 Å². The van der Waals surface area contributed by atoms with Crippen LogP contribution in [0.25, 0.3) is 0 Å². The Hall–Kier alpha value is -0.0500. The molecule has 1 atom stereocenters. The lowest BCUT2D eigenvalue weighted by Gasteiger charge is -2.04. The smallest absolute Gasteiger partial charge is 0.317 e. The first-order chi connectivity index (χ1) is 8.18. The number of unbranched alkanes of at least 4 members (excludes halogenated alkanes) is 9. The summed E-state index contributed by atoms with van der Waals surface area (Å²) in [4.78, 5) is 10.2. The summed E-state index contributed by atoms with van der Waals surface area (Å²) in [5, 5.41) is 8.68. The molecule has 0 saturated carbocycles. The van der Waals surface area contributed by atoms with Crippen molar-refractivity contribution in [3.05, 3.63) is 0 Å². The Morgan fingerprint density at radius 3 is 1.76 bits per heavy atom. The molecule has 0 aliphatic carbocycles. The third-order valence-corrected chi connectivity index (χ3v) is 3.93. The second kappa shape index (κ2) is 12.4. The fourth-order valence-corrected chi connectivity index (χ4v) is 2.26. The van der Waals surface area contributed by atoms with E-state index < -0.39 is 5.97 Å². The summed E-state index contributed by atoms with van der Waals surface area (Å²) in [6.07, 6.45) is 13.7. The second-order valence-corrected chi connectivity index (χ2v) is 5.88. The normalized spacial score (nSPS) is 12.6. The van der Waals surface area contributed by atoms with Gasteiger partial charge in [0.15, 0.2) is 0 Å². The summed E-state index contributed by atoms with van der Waals surface area (Å²) >= 11 is 3.16. The molecule has 102 valence electrons. The van der Waals surface area contributed by atoms with E-state index in [-0.39, 0.29) is 4.83 Å². The fourth-order valence-electron chi connectivity index (χ4n) is 1.93. The summed E-state index contributed by atoms with van der Waals surface area (Å²) in [5.41, 5.74) is 0. The van der Waals surface area contributed by atoms with Crippen molar-refractivity contribution in [3.63, 3.8) is 0 Å². The first-order valence-electron chi connectivity index (χ1n) is 7.05. The van der Waals surface area contributed by atoms with Gasteiger partial charge in [0.1, 0.15) is 4.83 Å². The van der Waals surface area contributed by atoms with Crippen LogP contribution in [0, 0.1) is 0 Å². The molecule has 0 aliphatic heterocycles. The van der Waals surface area contributed by atoms with Crippen LogP contribution in [0.3, 0.4) is 0 Å². The highest BCUT2D eigenvalue weighted by molar-refractivity contribution is 9.10. The molecule has 0 aromatic rings. The summed E-state index contributed by atoms with van der Waals surface area (Å²) < 4.78 is 0. The van der Waals surface area contributed by atoms with Gasteiger partial charge in [0.2, 0.25) is 0 Å². The molecule has 0 aliphatic rings. The number of hydrogen-bond donors (Lipinski definition) is 1. The first-order valence-corrected chi connectivity index (χ1v) is 7.97. The van der Waals surface area contributed by atoms with Crippen molar-refractivity contribution in [2.45, 2.75) is 82.4 Å². The minimum Gasteiger partial charge on any atom is -0.480 e. The van der Waals surface area contributed by atoms with Crippen LogP contribution in [0.1, 0.15) is 77.6 Å². The van der Waals surface area contributed by atoms with Crippen molar-refractivity contribution < 1.29 is 9.90 Å². The molecule has 0 aromatic heterocycles. The maximum absolute atomic E-state index is 10.5. The Balaban J connectivity index is 3.06. The van der Waals surface area contributed by atoms with Crippen LogP contribution in [0.5, 0.6) is 0 Å². The zero-order chi connectivity index (χ0) is 12.9. The number of carbonyl (C=O) groups is 1. The highest BCUT2D eigenvalue weighted by Gasteiger charge is 2.11. The summed E-state index contributed by atoms with van der Waals surface area (Å²) in [6.45, 7) is 2.24. The number of carboxylic acid groups (broad SMARTS) is 1. The molecule has 0 saturated heterocycles. The number of aliphatic carboxylic acids is 1. The molecule has 17 heavy (non-hydrogen) atoms. The van der Waals surface area contributed by atoms with Gasteiger partial charge in [-0.3, -0.25) is 4.79 Å². The van der Waals surface area contributed by atoms with E-state index >= 15 is 0 Å². The van der Waals surface area contributed by atoms with Gasteiger partial charge >= 0.3 is 5.97 Å². The molecule has 1 unspecified atom stereocenters. The van der Waals surface area contributed by atoms with Crippen LogP contribution in [0.2, 0.25) is 0 Å². The SMILES string of the molecule is CCCCCCCCCCCCC(Br)C(=O)O. The Labute approximate surface area is 114 Å². The molecule has 3 heteroatoms. The number of halogens is 1. The lowest BCUT2D eigenvalue weighted by molar-refractivity contribution is -0.136. The van der Waals surface area contributed by atoms with Crippen LogP contribution in [0.4, 0.5) is 0 Å². The Bertz CT molecular complexity index is 183. The molecule has 0 aromatic carbocycles. The van der Waals surface area contributed by atoms with Gasteiger partial charge in [-0.2, -0.15) is 0 Å². The average molecular weight is 307 g/mol. The molecule has 2 nitrogen and oxygen atoms in total. The van der Waals surface area contributed by atoms with E-state index in [1.54, 1.807) is 0 Å². The number of hydrogen-bond acceptors (Lipinski definition) is 1. The molecule has 0 fully saturated rings. The molecule has 0 heterocycles. The highest BCUT2D eigenvalue weighted by Crippen LogP contribution is 2.14. The second-order valence-electron chi connectivity index (χ2n) is 4.78. The van der Waals surface area contributed by atoms with Crippen LogP contribution in [-0.2, 0) is 4.79 Å². The van der Waals surface area contributed by atoms with E-state index in [4.69, 9.17) is 5.11 Å². The van der Waals surface area contributed by atoms with Crippen molar-refractivity contribution in [1.29, 1.82) is 0 Å². The standard InChI is InChI=1S/C14H27BrO2/c1-2-3-4-5-6-7-8-9-10-11-12-13(15)14(16)17/h13H,2-12H2,1H3,(H,16,17). The van der Waals surface area contributed by atoms with Gasteiger partial charge in [0.05, 0.1) is 0 Å². The third-order valence-electron chi connectivity index (χ3n) is 3.08. The summed E-state index contributed by atoms with van der Waals surface area (Å²) in [7, 11) is 0. The minimum atomic E-state index is -0.735. The van der Waals surface area contributed by atoms with Crippen LogP contribution in [-0.4, -0.2) is 15.9 Å². The molecule has 0 bridgehead atoms. The van der Waals surface area contributed by atoms with E-state index in [0.29, 0.717) is 0 Å². The quantitative estimate of drug-likeness (QED) is 0.400. The molecule has 1 N–H and O–H groups in total. The Morgan fingerprint density at radius 2 is 1.35 bits per heavy atom. The lowest BCUT2D eigenvalue weighted by Crippen LogP contribution is -2.11. The zero-order valence-corrected chi connectivity index (χ0v) is 12.7. The maximum Gasteiger partial charge on any atom is 0.317 e. The highest BCUT2D eigenvalue weighted by atomic mass is 79.9. The molecular formula is C14H27BrO2. The molecule has 0 rings (SSSR count). The monoisotopic (exact) mass is 306 g/mol. The van der Waals surface area contributed by atoms with E-state index in [1.807, 2.05) is 0 Å². The molecule has 0 spiro atoms. The van der Waals surface area contributed by atoms with Gasteiger partial charge < -0.3 is 5.11 Å². The number of carboxylic acids is 1. The van der Waals surface area contributed by atoms with Gasteiger partial charge in [-0.05, 0) is 6.42 Å². The van der Waals surface area contributed by atoms with E-state index in [9.17, 15) is 4.79 Å². The summed E-state index contributed by atoms with van der Waals surface area (Å²) in [5.74, 6) is -0.735. The Morgan fingerprint density at radius 1 is 0.941 bits per heavy atom. The molecule has 0 amide bonds. The largest absolute Gasteiger partial charge is 0.480 e. The predicted molar refractivity (Wildman–Crippen MR) is 76.8 cm³/mol. The van der Waals surface area contributed by atoms with Crippen LogP contribution in [0.15, 0.2) is 0 Å². The fraction of sp³-hybridized carbons (Fsp3) is 0.929. The van der Waals surface area contributed by atoms with Crippen LogP contribution < -0.4 is 0 Å². The van der Waals surface area contributed by atoms with Gasteiger partial charge in [-0.1, -0.05) is 87.1 Å². The predicted octanol–water partition coefficient (Wildman–Crippen LogP) is 5.15. The van der Waals surface area contributed by atoms with Gasteiger partial charge in [0, 0.05) is 0 Å². The van der Waals surface area contributed by atoms with Crippen molar-refractivity contribution in [3.8, 4) is 0 Å². The van der Waals surface area contributed by atoms with Crippen molar-refractivity contribution in [2.24, 2.45) is 0 Å². The lowest BCUT2D eigenvalue weighted by atomic mass is 10.1. The maximum atomic E-state index is 10.5. The number of alkyl halides is 1. The van der Waals surface area contributed by atoms with E-state index in [1.165, 1.54) is 57.8 Å². The Kier molecular flexibility index (Phi) is 12.4. The average Bonchev–Trinajstić information content (AvgIpc) is 2.31.